The molecular weight excluding hydrogens is 385 g/mol. The Balaban J connectivity index is 1.86. The Morgan fingerprint density at radius 3 is 2.80 bits per heavy atom. The van der Waals surface area contributed by atoms with Crippen LogP contribution >= 0.6 is 15.9 Å². The van der Waals surface area contributed by atoms with Crippen LogP contribution in [0.4, 0.5) is 10.2 Å². The van der Waals surface area contributed by atoms with Gasteiger partial charge in [-0.3, -0.25) is 4.79 Å². The molecule has 1 saturated heterocycles. The van der Waals surface area contributed by atoms with Gasteiger partial charge in [0.2, 0.25) is 0 Å². The monoisotopic (exact) mass is 405 g/mol. The van der Waals surface area contributed by atoms with E-state index in [0.29, 0.717) is 17.7 Å². The summed E-state index contributed by atoms with van der Waals surface area (Å²) >= 11 is 3.36. The third-order valence-electron chi connectivity index (χ3n) is 4.46. The first-order valence-corrected chi connectivity index (χ1v) is 9.32. The van der Waals surface area contributed by atoms with Gasteiger partial charge in [0.15, 0.2) is 0 Å². The van der Waals surface area contributed by atoms with E-state index in [1.807, 2.05) is 13.0 Å². The predicted molar refractivity (Wildman–Crippen MR) is 100 cm³/mol. The molecule has 1 aliphatic heterocycles. The van der Waals surface area contributed by atoms with E-state index in [0.717, 1.165) is 36.2 Å². The molecule has 132 valence electrons. The number of hydrogen-bond acceptors (Lipinski definition) is 3. The number of hydrogen-bond donors (Lipinski definition) is 0. The van der Waals surface area contributed by atoms with Crippen molar-refractivity contribution in [2.24, 2.45) is 0 Å². The smallest absolute Gasteiger partial charge is 0.257 e. The van der Waals surface area contributed by atoms with E-state index in [4.69, 9.17) is 0 Å². The molecule has 1 amide bonds. The molecule has 0 saturated carbocycles. The maximum absolute atomic E-state index is 14.1. The Kier molecular flexibility index (Phi) is 5.68. The van der Waals surface area contributed by atoms with Crippen molar-refractivity contribution in [2.45, 2.75) is 26.3 Å². The van der Waals surface area contributed by atoms with Crippen molar-refractivity contribution in [1.82, 2.24) is 9.88 Å². The van der Waals surface area contributed by atoms with E-state index in [1.54, 1.807) is 29.3 Å². The van der Waals surface area contributed by atoms with Gasteiger partial charge in [-0.15, -0.1) is 0 Å². The fourth-order valence-electron chi connectivity index (χ4n) is 3.11. The van der Waals surface area contributed by atoms with Crippen LogP contribution in [-0.4, -0.2) is 35.4 Å². The van der Waals surface area contributed by atoms with Crippen LogP contribution in [0.3, 0.4) is 0 Å². The standard InChI is InChI=1S/C19H21BrFN3O/c1-2-23(13-14-12-15(20)7-8-17(14)21)19(25)16-6-5-9-22-18(16)24-10-3-4-11-24/h5-9,12H,2-4,10-11,13H2,1H3. The van der Waals surface area contributed by atoms with Crippen LogP contribution in [0, 0.1) is 5.82 Å². The highest BCUT2D eigenvalue weighted by Gasteiger charge is 2.24. The molecule has 0 N–H and O–H groups in total. The van der Waals surface area contributed by atoms with E-state index in [2.05, 4.69) is 25.8 Å². The largest absolute Gasteiger partial charge is 0.356 e. The van der Waals surface area contributed by atoms with Crippen molar-refractivity contribution in [3.8, 4) is 0 Å². The Bertz CT molecular complexity index is 762. The lowest BCUT2D eigenvalue weighted by molar-refractivity contribution is 0.0751. The number of benzene rings is 1. The lowest BCUT2D eigenvalue weighted by Crippen LogP contribution is -2.33. The SMILES string of the molecule is CCN(Cc1cc(Br)ccc1F)C(=O)c1cccnc1N1CCCC1. The van der Waals surface area contributed by atoms with Gasteiger partial charge >= 0.3 is 0 Å². The van der Waals surface area contributed by atoms with Gasteiger partial charge < -0.3 is 9.80 Å². The summed E-state index contributed by atoms with van der Waals surface area (Å²) in [4.78, 5) is 21.3. The van der Waals surface area contributed by atoms with Gasteiger partial charge in [0, 0.05) is 42.4 Å². The molecule has 2 aromatic rings. The second kappa shape index (κ2) is 7.95. The Labute approximate surface area is 155 Å². The lowest BCUT2D eigenvalue weighted by atomic mass is 10.1. The maximum atomic E-state index is 14.1. The number of anilines is 1. The first-order valence-electron chi connectivity index (χ1n) is 8.53. The summed E-state index contributed by atoms with van der Waals surface area (Å²) < 4.78 is 14.9. The molecule has 0 aliphatic carbocycles. The van der Waals surface area contributed by atoms with Gasteiger partial charge in [-0.05, 0) is 50.1 Å². The molecule has 1 aromatic heterocycles. The summed E-state index contributed by atoms with van der Waals surface area (Å²) in [6.45, 7) is 4.47. The summed E-state index contributed by atoms with van der Waals surface area (Å²) in [5.74, 6) is 0.315. The number of aromatic nitrogens is 1. The van der Waals surface area contributed by atoms with Crippen molar-refractivity contribution >= 4 is 27.7 Å². The zero-order valence-corrected chi connectivity index (χ0v) is 15.8. The molecule has 25 heavy (non-hydrogen) atoms. The van der Waals surface area contributed by atoms with Crippen molar-refractivity contribution in [3.63, 3.8) is 0 Å². The summed E-state index contributed by atoms with van der Waals surface area (Å²) in [5.41, 5.74) is 1.08. The minimum Gasteiger partial charge on any atom is -0.356 e. The third-order valence-corrected chi connectivity index (χ3v) is 4.95. The number of pyridine rings is 1. The number of carbonyl (C=O) groups is 1. The minimum atomic E-state index is -0.305. The quantitative estimate of drug-likeness (QED) is 0.745. The van der Waals surface area contributed by atoms with Crippen molar-refractivity contribution in [3.05, 3.63) is 57.9 Å². The average molecular weight is 406 g/mol. The third kappa shape index (κ3) is 4.00. The first-order chi connectivity index (χ1) is 12.1. The summed E-state index contributed by atoms with van der Waals surface area (Å²) in [7, 11) is 0. The zero-order valence-electron chi connectivity index (χ0n) is 14.2. The maximum Gasteiger partial charge on any atom is 0.257 e. The molecule has 0 radical (unpaired) electrons. The molecule has 3 rings (SSSR count). The van der Waals surface area contributed by atoms with Crippen LogP contribution in [0.25, 0.3) is 0 Å². The lowest BCUT2D eigenvalue weighted by Gasteiger charge is -2.25. The first kappa shape index (κ1) is 17.9. The fourth-order valence-corrected chi connectivity index (χ4v) is 3.52. The Morgan fingerprint density at radius 2 is 2.08 bits per heavy atom. The average Bonchev–Trinajstić information content (AvgIpc) is 3.16. The number of rotatable bonds is 5. The zero-order chi connectivity index (χ0) is 17.8. The molecular formula is C19H21BrFN3O. The van der Waals surface area contributed by atoms with Gasteiger partial charge in [0.05, 0.1) is 5.56 Å². The van der Waals surface area contributed by atoms with Crippen molar-refractivity contribution < 1.29 is 9.18 Å². The van der Waals surface area contributed by atoms with Gasteiger partial charge in [-0.2, -0.15) is 0 Å². The molecule has 4 nitrogen and oxygen atoms in total. The normalized spacial score (nSPS) is 14.0. The highest BCUT2D eigenvalue weighted by Crippen LogP contribution is 2.24. The van der Waals surface area contributed by atoms with E-state index in [1.165, 1.54) is 6.07 Å². The summed E-state index contributed by atoms with van der Waals surface area (Å²) in [6, 6.07) is 8.38. The minimum absolute atomic E-state index is 0.114. The van der Waals surface area contributed by atoms with Crippen LogP contribution in [0.1, 0.15) is 35.7 Å². The summed E-state index contributed by atoms with van der Waals surface area (Å²) in [5, 5.41) is 0. The van der Waals surface area contributed by atoms with Gasteiger partial charge in [0.25, 0.3) is 5.91 Å². The molecule has 0 spiro atoms. The highest BCUT2D eigenvalue weighted by molar-refractivity contribution is 9.10. The molecule has 2 heterocycles. The van der Waals surface area contributed by atoms with E-state index < -0.39 is 0 Å². The number of halogens is 2. The topological polar surface area (TPSA) is 36.4 Å². The number of amides is 1. The fraction of sp³-hybridized carbons (Fsp3) is 0.368. The molecule has 1 fully saturated rings. The summed E-state index contributed by atoms with van der Waals surface area (Å²) in [6.07, 6.45) is 3.95. The highest BCUT2D eigenvalue weighted by atomic mass is 79.9. The number of carbonyl (C=O) groups excluding carboxylic acids is 1. The van der Waals surface area contributed by atoms with E-state index in [-0.39, 0.29) is 18.3 Å². The van der Waals surface area contributed by atoms with Crippen LogP contribution in [0.15, 0.2) is 41.0 Å². The predicted octanol–water partition coefficient (Wildman–Crippen LogP) is 4.25. The van der Waals surface area contributed by atoms with Gasteiger partial charge in [-0.1, -0.05) is 15.9 Å². The van der Waals surface area contributed by atoms with Crippen LogP contribution in [0.5, 0.6) is 0 Å². The van der Waals surface area contributed by atoms with Crippen LogP contribution in [-0.2, 0) is 6.54 Å². The van der Waals surface area contributed by atoms with E-state index in [9.17, 15) is 9.18 Å². The molecule has 1 aliphatic rings. The molecule has 0 bridgehead atoms. The van der Waals surface area contributed by atoms with Crippen molar-refractivity contribution in [2.75, 3.05) is 24.5 Å². The van der Waals surface area contributed by atoms with Crippen molar-refractivity contribution in [1.29, 1.82) is 0 Å². The molecule has 1 aromatic carbocycles. The molecule has 0 atom stereocenters. The molecule has 0 unspecified atom stereocenters. The van der Waals surface area contributed by atoms with Crippen LogP contribution in [0.2, 0.25) is 0 Å². The van der Waals surface area contributed by atoms with Gasteiger partial charge in [-0.25, -0.2) is 9.37 Å². The second-order valence-corrected chi connectivity index (χ2v) is 7.04. The van der Waals surface area contributed by atoms with Gasteiger partial charge in [0.1, 0.15) is 11.6 Å². The Hall–Kier alpha value is -1.95. The second-order valence-electron chi connectivity index (χ2n) is 6.12. The van der Waals surface area contributed by atoms with E-state index >= 15 is 0 Å². The van der Waals surface area contributed by atoms with Crippen LogP contribution < -0.4 is 4.90 Å². The molecule has 6 heteroatoms. The number of nitrogens with zero attached hydrogens (tertiary/aromatic N) is 3. The Morgan fingerprint density at radius 1 is 1.32 bits per heavy atom.